The maximum Gasteiger partial charge on any atom is 0.228 e. The van der Waals surface area contributed by atoms with Gasteiger partial charge in [-0.1, -0.05) is 43.7 Å². The van der Waals surface area contributed by atoms with E-state index < -0.39 is 0 Å². The Morgan fingerprint density at radius 2 is 1.94 bits per heavy atom. The van der Waals surface area contributed by atoms with E-state index in [9.17, 15) is 4.79 Å². The lowest BCUT2D eigenvalue weighted by atomic mass is 9.70. The fourth-order valence-electron chi connectivity index (χ4n) is 4.86. The predicted octanol–water partition coefficient (Wildman–Crippen LogP) is 4.66. The Bertz CT molecular complexity index is 1440. The van der Waals surface area contributed by atoms with Crippen LogP contribution >= 0.6 is 0 Å². The number of rotatable bonds is 2. The summed E-state index contributed by atoms with van der Waals surface area (Å²) in [4.78, 5) is 27.1. The minimum Gasteiger partial charge on any atom is -0.442 e. The van der Waals surface area contributed by atoms with Crippen LogP contribution in [0.25, 0.3) is 17.0 Å². The van der Waals surface area contributed by atoms with Gasteiger partial charge in [0.25, 0.3) is 0 Å². The van der Waals surface area contributed by atoms with Crippen LogP contribution in [0.2, 0.25) is 0 Å². The molecule has 0 saturated heterocycles. The highest BCUT2D eigenvalue weighted by Crippen LogP contribution is 2.50. The van der Waals surface area contributed by atoms with Gasteiger partial charge in [0.2, 0.25) is 5.88 Å². The third kappa shape index (κ3) is 3.23. The fraction of sp³-hybridized carbons (Fsp3) is 0.269. The van der Waals surface area contributed by atoms with Gasteiger partial charge >= 0.3 is 0 Å². The molecule has 4 aromatic rings. The molecule has 0 saturated carbocycles. The molecular formula is C26H23N5O2. The topological polar surface area (TPSA) is 82.3 Å². The number of Topliss-reactive ketones (excluding diaryl/α,β-unsaturated/α-hetero) is 1. The maximum atomic E-state index is 13.5. The Hall–Kier alpha value is -3.87. The zero-order valence-corrected chi connectivity index (χ0v) is 18.7. The third-order valence-electron chi connectivity index (χ3n) is 6.39. The number of allylic oxidation sites excluding steroid dienone is 2. The normalized spacial score (nSPS) is 19.2. The standard InChI is InChI=1S/C26H23N5O2/c1-15-6-8-16(9-7-15)20-21-18(32)11-26(2,3)12-19(21)33-25-22(20)24-29-23(30-31(24)14-28-25)17-5-4-10-27-13-17/h4-10,13-14,20H,11-12H2,1-3H3/t20-/m0/s1. The molecule has 1 aromatic carbocycles. The maximum absolute atomic E-state index is 13.5. The number of ketones is 1. The Labute approximate surface area is 191 Å². The van der Waals surface area contributed by atoms with Crippen LogP contribution in [-0.2, 0) is 4.79 Å². The van der Waals surface area contributed by atoms with Crippen LogP contribution in [0, 0.1) is 12.3 Å². The highest BCUT2D eigenvalue weighted by molar-refractivity contribution is 6.00. The van der Waals surface area contributed by atoms with Gasteiger partial charge in [-0.05, 0) is 30.0 Å². The molecule has 2 aliphatic rings. The highest BCUT2D eigenvalue weighted by Gasteiger charge is 2.43. The Morgan fingerprint density at radius 3 is 2.70 bits per heavy atom. The summed E-state index contributed by atoms with van der Waals surface area (Å²) in [6.45, 7) is 6.26. The molecule has 1 atom stereocenters. The van der Waals surface area contributed by atoms with Crippen molar-refractivity contribution < 1.29 is 9.53 Å². The van der Waals surface area contributed by atoms with Crippen molar-refractivity contribution in [1.82, 2.24) is 24.6 Å². The van der Waals surface area contributed by atoms with E-state index >= 15 is 0 Å². The van der Waals surface area contributed by atoms with Gasteiger partial charge in [0, 0.05) is 42.3 Å². The SMILES string of the molecule is Cc1ccc([C@H]2C3=C(CC(C)(C)CC3=O)Oc3ncn4nc(-c5cccnc5)nc4c32)cc1. The molecule has 6 rings (SSSR count). The summed E-state index contributed by atoms with van der Waals surface area (Å²) in [5.74, 6) is 1.57. The van der Waals surface area contributed by atoms with Crippen LogP contribution in [-0.4, -0.2) is 30.3 Å². The molecule has 0 bridgehead atoms. The van der Waals surface area contributed by atoms with Gasteiger partial charge in [-0.2, -0.15) is 0 Å². The van der Waals surface area contributed by atoms with Crippen LogP contribution in [0.15, 0.2) is 66.5 Å². The monoisotopic (exact) mass is 437 g/mol. The molecule has 33 heavy (non-hydrogen) atoms. The molecule has 0 unspecified atom stereocenters. The summed E-state index contributed by atoms with van der Waals surface area (Å²) >= 11 is 0. The minimum absolute atomic E-state index is 0.117. The van der Waals surface area contributed by atoms with E-state index in [1.54, 1.807) is 23.2 Å². The van der Waals surface area contributed by atoms with E-state index in [1.165, 1.54) is 0 Å². The van der Waals surface area contributed by atoms with Gasteiger partial charge in [0.1, 0.15) is 12.1 Å². The van der Waals surface area contributed by atoms with E-state index in [0.717, 1.165) is 28.0 Å². The number of fused-ring (bicyclic) bond motifs is 3. The van der Waals surface area contributed by atoms with Gasteiger partial charge in [-0.3, -0.25) is 9.78 Å². The second-order valence-electron chi connectivity index (χ2n) is 9.63. The van der Waals surface area contributed by atoms with E-state index in [2.05, 4.69) is 60.1 Å². The Balaban J connectivity index is 1.61. The number of aromatic nitrogens is 5. The number of hydrogen-bond acceptors (Lipinski definition) is 6. The second-order valence-corrected chi connectivity index (χ2v) is 9.63. The van der Waals surface area contributed by atoms with E-state index in [1.807, 2.05) is 12.1 Å². The third-order valence-corrected chi connectivity index (χ3v) is 6.39. The first-order chi connectivity index (χ1) is 15.9. The largest absolute Gasteiger partial charge is 0.442 e. The van der Waals surface area contributed by atoms with Crippen molar-refractivity contribution in [2.24, 2.45) is 5.41 Å². The highest BCUT2D eigenvalue weighted by atomic mass is 16.5. The van der Waals surface area contributed by atoms with Crippen molar-refractivity contribution in [1.29, 1.82) is 0 Å². The van der Waals surface area contributed by atoms with E-state index in [-0.39, 0.29) is 17.1 Å². The molecule has 0 radical (unpaired) electrons. The van der Waals surface area contributed by atoms with Crippen molar-refractivity contribution >= 4 is 11.4 Å². The number of carbonyl (C=O) groups excluding carboxylic acids is 1. The summed E-state index contributed by atoms with van der Waals surface area (Å²) in [6.07, 6.45) is 6.24. The van der Waals surface area contributed by atoms with Gasteiger partial charge in [0.05, 0.1) is 5.56 Å². The van der Waals surface area contributed by atoms with Gasteiger partial charge < -0.3 is 4.74 Å². The Kier molecular flexibility index (Phi) is 4.24. The number of hydrogen-bond donors (Lipinski definition) is 0. The second kappa shape index (κ2) is 7.07. The summed E-state index contributed by atoms with van der Waals surface area (Å²) < 4.78 is 7.96. The molecule has 0 amide bonds. The molecule has 0 fully saturated rings. The van der Waals surface area contributed by atoms with E-state index in [0.29, 0.717) is 35.8 Å². The first kappa shape index (κ1) is 19.8. The Morgan fingerprint density at radius 1 is 1.12 bits per heavy atom. The number of pyridine rings is 1. The minimum atomic E-state index is -0.310. The van der Waals surface area contributed by atoms with Crippen LogP contribution in [0.4, 0.5) is 0 Å². The van der Waals surface area contributed by atoms with Crippen LogP contribution in [0.3, 0.4) is 0 Å². The van der Waals surface area contributed by atoms with Gasteiger partial charge in [-0.15, -0.1) is 5.10 Å². The first-order valence-corrected chi connectivity index (χ1v) is 11.1. The van der Waals surface area contributed by atoms with Crippen LogP contribution < -0.4 is 4.74 Å². The zero-order chi connectivity index (χ0) is 22.7. The van der Waals surface area contributed by atoms with Crippen molar-refractivity contribution in [3.63, 3.8) is 0 Å². The molecule has 1 aliphatic carbocycles. The molecular weight excluding hydrogens is 414 g/mol. The summed E-state index contributed by atoms with van der Waals surface area (Å²) in [7, 11) is 0. The van der Waals surface area contributed by atoms with Crippen LogP contribution in [0.5, 0.6) is 5.88 Å². The number of aryl methyl sites for hydroxylation is 1. The zero-order valence-electron chi connectivity index (χ0n) is 18.7. The summed E-state index contributed by atoms with van der Waals surface area (Å²) in [5, 5.41) is 4.63. The van der Waals surface area contributed by atoms with Crippen molar-refractivity contribution in [2.45, 2.75) is 39.5 Å². The summed E-state index contributed by atoms with van der Waals surface area (Å²) in [5.41, 5.74) is 4.96. The van der Waals surface area contributed by atoms with Gasteiger partial charge in [0.15, 0.2) is 17.3 Å². The number of benzene rings is 1. The molecule has 0 spiro atoms. The fourth-order valence-corrected chi connectivity index (χ4v) is 4.86. The van der Waals surface area contributed by atoms with Crippen molar-refractivity contribution in [3.8, 4) is 17.3 Å². The predicted molar refractivity (Wildman–Crippen MR) is 123 cm³/mol. The number of nitrogens with zero attached hydrogens (tertiary/aromatic N) is 5. The number of carbonyl (C=O) groups is 1. The molecule has 0 N–H and O–H groups in total. The van der Waals surface area contributed by atoms with Crippen LogP contribution in [0.1, 0.15) is 49.3 Å². The average molecular weight is 438 g/mol. The molecule has 7 nitrogen and oxygen atoms in total. The quantitative estimate of drug-likeness (QED) is 0.454. The average Bonchev–Trinajstić information content (AvgIpc) is 3.23. The molecule has 4 heterocycles. The van der Waals surface area contributed by atoms with Crippen molar-refractivity contribution in [3.05, 3.63) is 83.1 Å². The molecule has 7 heteroatoms. The number of ether oxygens (including phenoxy) is 1. The first-order valence-electron chi connectivity index (χ1n) is 11.1. The van der Waals surface area contributed by atoms with E-state index in [4.69, 9.17) is 9.72 Å². The lowest BCUT2D eigenvalue weighted by Gasteiger charge is -2.37. The lowest BCUT2D eigenvalue weighted by Crippen LogP contribution is -2.33. The molecule has 164 valence electrons. The van der Waals surface area contributed by atoms with Gasteiger partial charge in [-0.25, -0.2) is 14.5 Å². The smallest absolute Gasteiger partial charge is 0.228 e. The summed E-state index contributed by atoms with van der Waals surface area (Å²) in [6, 6.07) is 12.1. The van der Waals surface area contributed by atoms with Crippen molar-refractivity contribution in [2.75, 3.05) is 0 Å². The lowest BCUT2D eigenvalue weighted by molar-refractivity contribution is -0.118. The molecule has 3 aromatic heterocycles. The molecule has 1 aliphatic heterocycles.